The summed E-state index contributed by atoms with van der Waals surface area (Å²) in [7, 11) is 0. The molecule has 4 aromatic carbocycles. The second-order valence-corrected chi connectivity index (χ2v) is 10.9. The zero-order valence-corrected chi connectivity index (χ0v) is 22.4. The first-order chi connectivity index (χ1) is 19.8. The Morgan fingerprint density at radius 2 is 1.34 bits per heavy atom. The average Bonchev–Trinajstić information content (AvgIpc) is 3.32. The molecule has 208 valence electrons. The minimum absolute atomic E-state index is 0.135. The van der Waals surface area contributed by atoms with E-state index in [1.165, 1.54) is 24.3 Å². The van der Waals surface area contributed by atoms with E-state index in [-0.39, 0.29) is 23.4 Å². The third-order valence-corrected chi connectivity index (χ3v) is 8.54. The van der Waals surface area contributed by atoms with Crippen molar-refractivity contribution in [1.29, 1.82) is 0 Å². The normalized spacial score (nSPS) is 19.4. The van der Waals surface area contributed by atoms with Gasteiger partial charge in [-0.25, -0.2) is 8.78 Å². The van der Waals surface area contributed by atoms with E-state index < -0.39 is 17.6 Å². The van der Waals surface area contributed by atoms with Crippen molar-refractivity contribution in [2.75, 3.05) is 13.1 Å². The second-order valence-electron chi connectivity index (χ2n) is 10.9. The molecule has 2 aliphatic rings. The number of aliphatic hydroxyl groups is 1. The quantitative estimate of drug-likeness (QED) is 0.340. The molecule has 0 unspecified atom stereocenters. The van der Waals surface area contributed by atoms with Crippen molar-refractivity contribution >= 4 is 11.8 Å². The van der Waals surface area contributed by atoms with Gasteiger partial charge in [0.1, 0.15) is 11.6 Å². The van der Waals surface area contributed by atoms with Crippen LogP contribution in [0, 0.1) is 11.6 Å². The van der Waals surface area contributed by atoms with Crippen molar-refractivity contribution < 1.29 is 23.5 Å². The highest BCUT2D eigenvalue weighted by molar-refractivity contribution is 5.95. The lowest BCUT2D eigenvalue weighted by Gasteiger charge is -2.42. The number of fused-ring (bicyclic) bond motifs is 1. The fourth-order valence-electron chi connectivity index (χ4n) is 6.16. The van der Waals surface area contributed by atoms with E-state index in [1.807, 2.05) is 36.4 Å². The Bertz CT molecular complexity index is 1560. The maximum absolute atomic E-state index is 14.0. The molecular formula is C34H30F2N2O3. The molecule has 2 atom stereocenters. The fourth-order valence-corrected chi connectivity index (χ4v) is 6.16. The summed E-state index contributed by atoms with van der Waals surface area (Å²) in [5, 5.41) is 13.9. The van der Waals surface area contributed by atoms with E-state index in [9.17, 15) is 23.5 Å². The van der Waals surface area contributed by atoms with Gasteiger partial charge in [-0.05, 0) is 77.1 Å². The lowest BCUT2D eigenvalue weighted by atomic mass is 9.71. The molecule has 0 spiro atoms. The number of benzene rings is 4. The molecular weight excluding hydrogens is 522 g/mol. The number of halogens is 2. The Morgan fingerprint density at radius 1 is 0.780 bits per heavy atom. The standard InChI is InChI=1S/C34H30F2N2O3/c35-27-13-9-23(10-14-27)22-5-7-24(8-6-22)32(40)38-19-17-34(18-20-38,26-11-15-28(36)16-12-26)33(41)37-31-29-4-2-1-3-25(29)21-30(31)39/h1-16,30-31,39H,17-21H2,(H,37,41)/t30-,31+/m1/s1. The summed E-state index contributed by atoms with van der Waals surface area (Å²) < 4.78 is 27.1. The predicted octanol–water partition coefficient (Wildman–Crippen LogP) is 5.58. The van der Waals surface area contributed by atoms with E-state index in [0.29, 0.717) is 43.5 Å². The van der Waals surface area contributed by atoms with Crippen LogP contribution in [0.5, 0.6) is 0 Å². The van der Waals surface area contributed by atoms with Crippen LogP contribution in [0.1, 0.15) is 45.9 Å². The number of carbonyl (C=O) groups is 2. The molecule has 1 saturated heterocycles. The first-order valence-electron chi connectivity index (χ1n) is 13.8. The van der Waals surface area contributed by atoms with Crippen LogP contribution in [0.4, 0.5) is 8.78 Å². The third-order valence-electron chi connectivity index (χ3n) is 8.54. The summed E-state index contributed by atoms with van der Waals surface area (Å²) >= 11 is 0. The van der Waals surface area contributed by atoms with Gasteiger partial charge in [-0.2, -0.15) is 0 Å². The molecule has 0 bridgehead atoms. The van der Waals surface area contributed by atoms with E-state index in [1.54, 1.807) is 41.3 Å². The van der Waals surface area contributed by atoms with Crippen LogP contribution in [0.25, 0.3) is 11.1 Å². The number of nitrogens with zero attached hydrogens (tertiary/aromatic N) is 1. The average molecular weight is 553 g/mol. The number of aliphatic hydroxyl groups excluding tert-OH is 1. The van der Waals surface area contributed by atoms with Crippen molar-refractivity contribution in [3.63, 3.8) is 0 Å². The van der Waals surface area contributed by atoms with Gasteiger partial charge in [0.25, 0.3) is 5.91 Å². The van der Waals surface area contributed by atoms with E-state index in [4.69, 9.17) is 0 Å². The summed E-state index contributed by atoms with van der Waals surface area (Å²) in [5.74, 6) is -1.06. The van der Waals surface area contributed by atoms with E-state index in [2.05, 4.69) is 5.32 Å². The number of carbonyl (C=O) groups excluding carboxylic acids is 2. The second kappa shape index (κ2) is 10.9. The van der Waals surface area contributed by atoms with Gasteiger partial charge in [0.05, 0.1) is 17.6 Å². The largest absolute Gasteiger partial charge is 0.390 e. The molecule has 41 heavy (non-hydrogen) atoms. The van der Waals surface area contributed by atoms with Gasteiger partial charge >= 0.3 is 0 Å². The van der Waals surface area contributed by atoms with Crippen molar-refractivity contribution in [2.45, 2.75) is 36.8 Å². The van der Waals surface area contributed by atoms with Gasteiger partial charge in [0, 0.05) is 25.1 Å². The van der Waals surface area contributed by atoms with Crippen molar-refractivity contribution in [3.8, 4) is 11.1 Å². The molecule has 1 aliphatic heterocycles. The van der Waals surface area contributed by atoms with Crippen LogP contribution in [0.3, 0.4) is 0 Å². The van der Waals surface area contributed by atoms with Crippen LogP contribution < -0.4 is 5.32 Å². The van der Waals surface area contributed by atoms with E-state index in [0.717, 1.165) is 22.3 Å². The van der Waals surface area contributed by atoms with Gasteiger partial charge in [-0.1, -0.05) is 60.7 Å². The molecule has 6 rings (SSSR count). The molecule has 2 N–H and O–H groups in total. The maximum atomic E-state index is 14.0. The predicted molar refractivity (Wildman–Crippen MR) is 152 cm³/mol. The molecule has 4 aromatic rings. The third kappa shape index (κ3) is 5.13. The number of likely N-dealkylation sites (tertiary alicyclic amines) is 1. The zero-order valence-electron chi connectivity index (χ0n) is 22.4. The van der Waals surface area contributed by atoms with Crippen LogP contribution in [0.15, 0.2) is 97.1 Å². The summed E-state index contributed by atoms with van der Waals surface area (Å²) in [4.78, 5) is 29.2. The SMILES string of the molecule is O=C(c1ccc(-c2ccc(F)cc2)cc1)N1CCC(C(=O)N[C@H]2c3ccccc3C[C@H]2O)(c2ccc(F)cc2)CC1. The Kier molecular flexibility index (Phi) is 7.14. The number of rotatable bonds is 5. The van der Waals surface area contributed by atoms with Gasteiger partial charge in [-0.3, -0.25) is 9.59 Å². The molecule has 2 amide bonds. The monoisotopic (exact) mass is 552 g/mol. The van der Waals surface area contributed by atoms with Crippen molar-refractivity contribution in [1.82, 2.24) is 10.2 Å². The Balaban J connectivity index is 1.21. The fraction of sp³-hybridized carbons (Fsp3) is 0.235. The Labute approximate surface area is 237 Å². The highest BCUT2D eigenvalue weighted by atomic mass is 19.1. The van der Waals surface area contributed by atoms with Gasteiger partial charge in [-0.15, -0.1) is 0 Å². The highest BCUT2D eigenvalue weighted by Crippen LogP contribution is 2.39. The number of piperidine rings is 1. The topological polar surface area (TPSA) is 69.6 Å². The number of nitrogens with one attached hydrogen (secondary N) is 1. The van der Waals surface area contributed by atoms with Gasteiger partial charge in [0.15, 0.2) is 0 Å². The zero-order chi connectivity index (χ0) is 28.6. The van der Waals surface area contributed by atoms with E-state index >= 15 is 0 Å². The minimum atomic E-state index is -0.978. The first kappa shape index (κ1) is 26.8. The van der Waals surface area contributed by atoms with Crippen LogP contribution in [-0.2, 0) is 16.6 Å². The van der Waals surface area contributed by atoms with Crippen molar-refractivity contribution in [2.24, 2.45) is 0 Å². The Hall–Kier alpha value is -4.36. The van der Waals surface area contributed by atoms with Crippen LogP contribution in [0.2, 0.25) is 0 Å². The summed E-state index contributed by atoms with van der Waals surface area (Å²) in [6.45, 7) is 0.681. The molecule has 7 heteroatoms. The lowest BCUT2D eigenvalue weighted by Crippen LogP contribution is -2.54. The van der Waals surface area contributed by atoms with Crippen LogP contribution >= 0.6 is 0 Å². The van der Waals surface area contributed by atoms with Gasteiger partial charge < -0.3 is 15.3 Å². The smallest absolute Gasteiger partial charge is 0.253 e. The number of hydrogen-bond donors (Lipinski definition) is 2. The number of amides is 2. The lowest BCUT2D eigenvalue weighted by molar-refractivity contribution is -0.130. The van der Waals surface area contributed by atoms with Gasteiger partial charge in [0.2, 0.25) is 5.91 Å². The molecule has 0 aromatic heterocycles. The summed E-state index contributed by atoms with van der Waals surface area (Å²) in [6, 6.07) is 26.5. The Morgan fingerprint density at radius 3 is 1.98 bits per heavy atom. The molecule has 0 radical (unpaired) electrons. The van der Waals surface area contributed by atoms with Crippen LogP contribution in [-0.4, -0.2) is 41.0 Å². The molecule has 1 fully saturated rings. The molecule has 1 aliphatic carbocycles. The minimum Gasteiger partial charge on any atom is -0.390 e. The summed E-state index contributed by atoms with van der Waals surface area (Å²) in [6.07, 6.45) is 0.441. The molecule has 5 nitrogen and oxygen atoms in total. The first-order valence-corrected chi connectivity index (χ1v) is 13.8. The molecule has 0 saturated carbocycles. The number of hydrogen-bond acceptors (Lipinski definition) is 3. The highest BCUT2D eigenvalue weighted by Gasteiger charge is 2.46. The molecule has 1 heterocycles. The maximum Gasteiger partial charge on any atom is 0.253 e. The van der Waals surface area contributed by atoms with Crippen molar-refractivity contribution in [3.05, 3.63) is 131 Å². The summed E-state index contributed by atoms with van der Waals surface area (Å²) in [5.41, 5.74) is 3.88.